The maximum atomic E-state index is 11.3. The number of rotatable bonds is 8. The number of methoxy groups -OCH3 is 1. The molecule has 1 amide bonds. The van der Waals surface area contributed by atoms with Crippen LogP contribution in [0.4, 0.5) is 0 Å². The van der Waals surface area contributed by atoms with E-state index in [1.807, 2.05) is 10.8 Å². The van der Waals surface area contributed by atoms with E-state index >= 15 is 0 Å². The lowest BCUT2D eigenvalue weighted by Gasteiger charge is -2.06. The van der Waals surface area contributed by atoms with Gasteiger partial charge in [-0.05, 0) is 0 Å². The van der Waals surface area contributed by atoms with E-state index in [0.29, 0.717) is 26.2 Å². The van der Waals surface area contributed by atoms with E-state index in [1.165, 1.54) is 0 Å². The first-order chi connectivity index (χ1) is 7.83. The fraction of sp³-hybridized carbons (Fsp3) is 0.600. The van der Waals surface area contributed by atoms with Crippen molar-refractivity contribution in [1.29, 1.82) is 0 Å². The molecule has 0 saturated carbocycles. The van der Waals surface area contributed by atoms with Crippen LogP contribution in [-0.2, 0) is 16.1 Å². The Morgan fingerprint density at radius 3 is 3.06 bits per heavy atom. The molecule has 0 unspecified atom stereocenters. The second-order valence-corrected chi connectivity index (χ2v) is 3.32. The highest BCUT2D eigenvalue weighted by Crippen LogP contribution is 1.83. The summed E-state index contributed by atoms with van der Waals surface area (Å²) in [5.74, 6) is -0.00350. The summed E-state index contributed by atoms with van der Waals surface area (Å²) in [4.78, 5) is 15.2. The molecule has 16 heavy (non-hydrogen) atoms. The molecule has 0 atom stereocenters. The molecule has 2 N–H and O–H groups in total. The Morgan fingerprint density at radius 2 is 2.38 bits per heavy atom. The quantitative estimate of drug-likeness (QED) is 0.571. The van der Waals surface area contributed by atoms with Gasteiger partial charge < -0.3 is 19.9 Å². The summed E-state index contributed by atoms with van der Waals surface area (Å²) in [7, 11) is 1.63. The average Bonchev–Trinajstić information content (AvgIpc) is 2.77. The Morgan fingerprint density at radius 1 is 1.50 bits per heavy atom. The van der Waals surface area contributed by atoms with Crippen LogP contribution in [-0.4, -0.2) is 48.8 Å². The predicted octanol–water partition coefficient (Wildman–Crippen LogP) is -0.765. The number of carbonyl (C=O) groups is 1. The van der Waals surface area contributed by atoms with E-state index in [0.717, 1.165) is 6.54 Å². The maximum absolute atomic E-state index is 11.3. The Labute approximate surface area is 95.0 Å². The molecule has 1 aromatic rings. The molecule has 0 radical (unpaired) electrons. The monoisotopic (exact) mass is 226 g/mol. The van der Waals surface area contributed by atoms with E-state index in [4.69, 9.17) is 4.74 Å². The summed E-state index contributed by atoms with van der Waals surface area (Å²) < 4.78 is 6.76. The van der Waals surface area contributed by atoms with Gasteiger partial charge >= 0.3 is 0 Å². The molecule has 6 nitrogen and oxygen atoms in total. The maximum Gasteiger partial charge on any atom is 0.234 e. The SMILES string of the molecule is COCCNCC(=O)NCCn1ccnc1. The summed E-state index contributed by atoms with van der Waals surface area (Å²) in [5.41, 5.74) is 0. The van der Waals surface area contributed by atoms with Crippen LogP contribution in [0, 0.1) is 0 Å². The lowest BCUT2D eigenvalue weighted by Crippen LogP contribution is -2.36. The lowest BCUT2D eigenvalue weighted by atomic mass is 10.5. The number of imidazole rings is 1. The third-order valence-corrected chi connectivity index (χ3v) is 2.02. The summed E-state index contributed by atoms with van der Waals surface area (Å²) in [6.07, 6.45) is 5.31. The lowest BCUT2D eigenvalue weighted by molar-refractivity contribution is -0.120. The zero-order valence-corrected chi connectivity index (χ0v) is 9.48. The highest BCUT2D eigenvalue weighted by molar-refractivity contribution is 5.77. The number of hydrogen-bond donors (Lipinski definition) is 2. The van der Waals surface area contributed by atoms with Crippen LogP contribution in [0.25, 0.3) is 0 Å². The minimum absolute atomic E-state index is 0.00350. The minimum Gasteiger partial charge on any atom is -0.383 e. The molecule has 6 heteroatoms. The molecule has 1 heterocycles. The van der Waals surface area contributed by atoms with Crippen LogP contribution in [0.1, 0.15) is 0 Å². The van der Waals surface area contributed by atoms with E-state index in [1.54, 1.807) is 19.6 Å². The standard InChI is InChI=1S/C10H18N4O2/c1-16-7-4-11-8-10(15)13-3-6-14-5-2-12-9-14/h2,5,9,11H,3-4,6-8H2,1H3,(H,13,15). The van der Waals surface area contributed by atoms with E-state index in [9.17, 15) is 4.79 Å². The van der Waals surface area contributed by atoms with Crippen molar-refractivity contribution in [1.82, 2.24) is 20.2 Å². The Bertz CT molecular complexity index is 287. The summed E-state index contributed by atoms with van der Waals surface area (Å²) in [6, 6.07) is 0. The largest absolute Gasteiger partial charge is 0.383 e. The molecule has 0 aliphatic carbocycles. The molecule has 90 valence electrons. The minimum atomic E-state index is -0.00350. The van der Waals surface area contributed by atoms with Crippen molar-refractivity contribution in [3.63, 3.8) is 0 Å². The Balaban J connectivity index is 1.98. The third kappa shape index (κ3) is 5.47. The second-order valence-electron chi connectivity index (χ2n) is 3.32. The highest BCUT2D eigenvalue weighted by atomic mass is 16.5. The number of nitrogens with zero attached hydrogens (tertiary/aromatic N) is 2. The molecule has 1 aromatic heterocycles. The van der Waals surface area contributed by atoms with Crippen LogP contribution >= 0.6 is 0 Å². The number of ether oxygens (including phenoxy) is 1. The van der Waals surface area contributed by atoms with Crippen LogP contribution in [0.2, 0.25) is 0 Å². The Kier molecular flexibility index (Phi) is 6.20. The van der Waals surface area contributed by atoms with E-state index in [2.05, 4.69) is 15.6 Å². The van der Waals surface area contributed by atoms with Crippen molar-refractivity contribution in [3.05, 3.63) is 18.7 Å². The van der Waals surface area contributed by atoms with Crippen LogP contribution < -0.4 is 10.6 Å². The molecule has 0 bridgehead atoms. The third-order valence-electron chi connectivity index (χ3n) is 2.02. The summed E-state index contributed by atoms with van der Waals surface area (Å²) in [6.45, 7) is 2.98. The first kappa shape index (κ1) is 12.7. The fourth-order valence-electron chi connectivity index (χ4n) is 1.18. The van der Waals surface area contributed by atoms with Gasteiger partial charge in [-0.2, -0.15) is 0 Å². The smallest absolute Gasteiger partial charge is 0.234 e. The van der Waals surface area contributed by atoms with Crippen molar-refractivity contribution in [2.45, 2.75) is 6.54 Å². The van der Waals surface area contributed by atoms with Crippen molar-refractivity contribution >= 4 is 5.91 Å². The zero-order valence-electron chi connectivity index (χ0n) is 9.48. The summed E-state index contributed by atoms with van der Waals surface area (Å²) in [5, 5.41) is 5.78. The van der Waals surface area contributed by atoms with Gasteiger partial charge in [0.15, 0.2) is 0 Å². The number of aromatic nitrogens is 2. The number of amides is 1. The molecule has 0 aliphatic rings. The van der Waals surface area contributed by atoms with Gasteiger partial charge in [0, 0.05) is 39.1 Å². The molecule has 0 spiro atoms. The van der Waals surface area contributed by atoms with Crippen LogP contribution in [0.15, 0.2) is 18.7 Å². The number of nitrogens with one attached hydrogen (secondary N) is 2. The normalized spacial score (nSPS) is 10.3. The molecule has 1 rings (SSSR count). The van der Waals surface area contributed by atoms with E-state index < -0.39 is 0 Å². The van der Waals surface area contributed by atoms with Crippen molar-refractivity contribution in [2.75, 3.05) is 33.4 Å². The van der Waals surface area contributed by atoms with Crippen molar-refractivity contribution in [2.24, 2.45) is 0 Å². The van der Waals surface area contributed by atoms with Gasteiger partial charge in [-0.3, -0.25) is 4.79 Å². The topological polar surface area (TPSA) is 68.2 Å². The van der Waals surface area contributed by atoms with Crippen LogP contribution in [0.5, 0.6) is 0 Å². The average molecular weight is 226 g/mol. The van der Waals surface area contributed by atoms with Crippen LogP contribution in [0.3, 0.4) is 0 Å². The zero-order chi connectivity index (χ0) is 11.6. The van der Waals surface area contributed by atoms with E-state index in [-0.39, 0.29) is 5.91 Å². The number of hydrogen-bond acceptors (Lipinski definition) is 4. The predicted molar refractivity (Wildman–Crippen MR) is 60.0 cm³/mol. The molecule has 0 fully saturated rings. The van der Waals surface area contributed by atoms with Gasteiger partial charge in [0.2, 0.25) is 5.91 Å². The fourth-order valence-corrected chi connectivity index (χ4v) is 1.18. The first-order valence-electron chi connectivity index (χ1n) is 5.25. The molecule has 0 aliphatic heterocycles. The summed E-state index contributed by atoms with van der Waals surface area (Å²) >= 11 is 0. The Hall–Kier alpha value is -1.40. The molecule has 0 aromatic carbocycles. The van der Waals surface area contributed by atoms with Crippen molar-refractivity contribution in [3.8, 4) is 0 Å². The van der Waals surface area contributed by atoms with Gasteiger partial charge in [-0.15, -0.1) is 0 Å². The molecule has 0 saturated heterocycles. The second kappa shape index (κ2) is 7.84. The van der Waals surface area contributed by atoms with Crippen molar-refractivity contribution < 1.29 is 9.53 Å². The van der Waals surface area contributed by atoms with Gasteiger partial charge in [-0.25, -0.2) is 4.98 Å². The molecular formula is C10H18N4O2. The van der Waals surface area contributed by atoms with Gasteiger partial charge in [-0.1, -0.05) is 0 Å². The van der Waals surface area contributed by atoms with Gasteiger partial charge in [0.25, 0.3) is 0 Å². The first-order valence-corrected chi connectivity index (χ1v) is 5.25. The van der Waals surface area contributed by atoms with Gasteiger partial charge in [0.05, 0.1) is 19.5 Å². The number of carbonyl (C=O) groups excluding carboxylic acids is 1. The van der Waals surface area contributed by atoms with Gasteiger partial charge in [0.1, 0.15) is 0 Å². The highest BCUT2D eigenvalue weighted by Gasteiger charge is 1.99. The molecular weight excluding hydrogens is 208 g/mol.